The third kappa shape index (κ3) is 2.26. The standard InChI is InChI=1S/C17H22O4/c18-16(6-8-17(9-7-16)20-11-12-21-17)14-5-1-3-13-4-2-10-19-15(13)14/h1,3,5,18H,2,4,6-12H2. The molecule has 1 spiro atoms. The van der Waals surface area contributed by atoms with E-state index in [2.05, 4.69) is 6.07 Å². The second-order valence-corrected chi connectivity index (χ2v) is 6.39. The number of hydrogen-bond donors (Lipinski definition) is 1. The second kappa shape index (κ2) is 4.97. The van der Waals surface area contributed by atoms with Gasteiger partial charge in [-0.3, -0.25) is 0 Å². The van der Waals surface area contributed by atoms with E-state index in [1.807, 2.05) is 12.1 Å². The molecule has 2 heterocycles. The van der Waals surface area contributed by atoms with Gasteiger partial charge >= 0.3 is 0 Å². The molecule has 1 saturated carbocycles. The van der Waals surface area contributed by atoms with E-state index in [0.717, 1.165) is 43.6 Å². The summed E-state index contributed by atoms with van der Waals surface area (Å²) in [5.74, 6) is 0.470. The van der Waals surface area contributed by atoms with E-state index in [0.29, 0.717) is 26.1 Å². The van der Waals surface area contributed by atoms with Crippen LogP contribution in [0.5, 0.6) is 5.75 Å². The van der Waals surface area contributed by atoms with Crippen molar-refractivity contribution in [1.82, 2.24) is 0 Å². The molecule has 2 fully saturated rings. The van der Waals surface area contributed by atoms with Crippen LogP contribution in [-0.4, -0.2) is 30.7 Å². The molecule has 1 saturated heterocycles. The molecule has 4 nitrogen and oxygen atoms in total. The van der Waals surface area contributed by atoms with Crippen LogP contribution < -0.4 is 4.74 Å². The first-order chi connectivity index (χ1) is 10.2. The summed E-state index contributed by atoms with van der Waals surface area (Å²) in [6.45, 7) is 2.08. The maximum absolute atomic E-state index is 11.2. The number of aryl methyl sites for hydroxylation is 1. The summed E-state index contributed by atoms with van der Waals surface area (Å²) in [5.41, 5.74) is 1.36. The van der Waals surface area contributed by atoms with Gasteiger partial charge in [-0.05, 0) is 31.2 Å². The molecular weight excluding hydrogens is 268 g/mol. The van der Waals surface area contributed by atoms with Gasteiger partial charge in [0, 0.05) is 18.4 Å². The lowest BCUT2D eigenvalue weighted by Gasteiger charge is -2.41. The monoisotopic (exact) mass is 290 g/mol. The summed E-state index contributed by atoms with van der Waals surface area (Å²) in [4.78, 5) is 0. The predicted molar refractivity (Wildman–Crippen MR) is 77.3 cm³/mol. The average Bonchev–Trinajstić information content (AvgIpc) is 2.99. The minimum atomic E-state index is -0.816. The zero-order valence-corrected chi connectivity index (χ0v) is 12.3. The van der Waals surface area contributed by atoms with E-state index in [4.69, 9.17) is 14.2 Å². The largest absolute Gasteiger partial charge is 0.493 e. The normalized spacial score (nSPS) is 26.3. The summed E-state index contributed by atoms with van der Waals surface area (Å²) in [6.07, 6.45) is 4.90. The number of rotatable bonds is 1. The van der Waals surface area contributed by atoms with Crippen LogP contribution in [0.25, 0.3) is 0 Å². The van der Waals surface area contributed by atoms with Gasteiger partial charge in [0.15, 0.2) is 5.79 Å². The lowest BCUT2D eigenvalue weighted by atomic mass is 9.76. The number of fused-ring (bicyclic) bond motifs is 1. The summed E-state index contributed by atoms with van der Waals surface area (Å²) in [6, 6.07) is 6.15. The zero-order valence-electron chi connectivity index (χ0n) is 12.3. The summed E-state index contributed by atoms with van der Waals surface area (Å²) in [5, 5.41) is 11.2. The van der Waals surface area contributed by atoms with Crippen molar-refractivity contribution in [2.75, 3.05) is 19.8 Å². The van der Waals surface area contributed by atoms with Crippen LogP contribution in [0.15, 0.2) is 18.2 Å². The molecule has 3 aliphatic rings. The van der Waals surface area contributed by atoms with Crippen molar-refractivity contribution in [3.63, 3.8) is 0 Å². The second-order valence-electron chi connectivity index (χ2n) is 6.39. The van der Waals surface area contributed by atoms with E-state index in [9.17, 15) is 5.11 Å². The van der Waals surface area contributed by atoms with Crippen LogP contribution in [0, 0.1) is 0 Å². The van der Waals surface area contributed by atoms with Gasteiger partial charge in [-0.2, -0.15) is 0 Å². The minimum absolute atomic E-state index is 0.443. The first-order valence-electron chi connectivity index (χ1n) is 7.96. The highest BCUT2D eigenvalue weighted by Gasteiger charge is 2.47. The van der Waals surface area contributed by atoms with Crippen molar-refractivity contribution >= 4 is 0 Å². The molecule has 0 amide bonds. The Bertz CT molecular complexity index is 524. The quantitative estimate of drug-likeness (QED) is 0.863. The number of para-hydroxylation sites is 1. The zero-order chi connectivity index (χ0) is 14.3. The van der Waals surface area contributed by atoms with E-state index in [1.54, 1.807) is 0 Å². The minimum Gasteiger partial charge on any atom is -0.493 e. The van der Waals surface area contributed by atoms with Crippen molar-refractivity contribution in [3.05, 3.63) is 29.3 Å². The molecular formula is C17H22O4. The Morgan fingerprint density at radius 2 is 1.71 bits per heavy atom. The van der Waals surface area contributed by atoms with E-state index in [-0.39, 0.29) is 0 Å². The smallest absolute Gasteiger partial charge is 0.168 e. The third-order valence-corrected chi connectivity index (χ3v) is 5.09. The molecule has 4 heteroatoms. The Labute approximate surface area is 125 Å². The van der Waals surface area contributed by atoms with Gasteiger partial charge in [0.1, 0.15) is 5.75 Å². The Morgan fingerprint density at radius 1 is 0.952 bits per heavy atom. The van der Waals surface area contributed by atoms with E-state index in [1.165, 1.54) is 5.56 Å². The third-order valence-electron chi connectivity index (χ3n) is 5.09. The topological polar surface area (TPSA) is 47.9 Å². The molecule has 1 aliphatic carbocycles. The molecule has 0 radical (unpaired) electrons. The number of hydrogen-bond acceptors (Lipinski definition) is 4. The molecule has 2 aliphatic heterocycles. The van der Waals surface area contributed by atoms with Crippen molar-refractivity contribution < 1.29 is 19.3 Å². The van der Waals surface area contributed by atoms with Crippen molar-refractivity contribution in [3.8, 4) is 5.75 Å². The van der Waals surface area contributed by atoms with Crippen molar-refractivity contribution in [1.29, 1.82) is 0 Å². The molecule has 0 atom stereocenters. The van der Waals surface area contributed by atoms with Gasteiger partial charge < -0.3 is 19.3 Å². The van der Waals surface area contributed by atoms with Crippen LogP contribution >= 0.6 is 0 Å². The predicted octanol–water partition coefficient (Wildman–Crippen LogP) is 2.52. The molecule has 1 aromatic carbocycles. The Kier molecular flexibility index (Phi) is 3.21. The average molecular weight is 290 g/mol. The van der Waals surface area contributed by atoms with Gasteiger partial charge in [0.05, 0.1) is 25.4 Å². The van der Waals surface area contributed by atoms with Crippen molar-refractivity contribution in [2.45, 2.75) is 49.9 Å². The molecule has 1 N–H and O–H groups in total. The van der Waals surface area contributed by atoms with Crippen molar-refractivity contribution in [2.24, 2.45) is 0 Å². The van der Waals surface area contributed by atoms with Gasteiger partial charge in [-0.25, -0.2) is 0 Å². The highest BCUT2D eigenvalue weighted by molar-refractivity contribution is 5.46. The first-order valence-corrected chi connectivity index (χ1v) is 7.96. The number of benzene rings is 1. The van der Waals surface area contributed by atoms with Crippen LogP contribution in [-0.2, 0) is 21.5 Å². The molecule has 114 valence electrons. The maximum atomic E-state index is 11.2. The fourth-order valence-electron chi connectivity index (χ4n) is 3.85. The lowest BCUT2D eigenvalue weighted by Crippen LogP contribution is -2.42. The molecule has 4 rings (SSSR count). The van der Waals surface area contributed by atoms with E-state index < -0.39 is 11.4 Å². The van der Waals surface area contributed by atoms with Crippen LogP contribution in [0.2, 0.25) is 0 Å². The highest BCUT2D eigenvalue weighted by atomic mass is 16.7. The molecule has 0 bridgehead atoms. The van der Waals surface area contributed by atoms with Gasteiger partial charge in [0.25, 0.3) is 0 Å². The van der Waals surface area contributed by atoms with Gasteiger partial charge in [-0.1, -0.05) is 18.2 Å². The fourth-order valence-corrected chi connectivity index (χ4v) is 3.85. The molecule has 0 aromatic heterocycles. The molecule has 21 heavy (non-hydrogen) atoms. The fraction of sp³-hybridized carbons (Fsp3) is 0.647. The number of ether oxygens (including phenoxy) is 3. The van der Waals surface area contributed by atoms with Crippen LogP contribution in [0.1, 0.15) is 43.2 Å². The molecule has 0 unspecified atom stereocenters. The van der Waals surface area contributed by atoms with Crippen LogP contribution in [0.3, 0.4) is 0 Å². The van der Waals surface area contributed by atoms with E-state index >= 15 is 0 Å². The summed E-state index contributed by atoms with van der Waals surface area (Å²) >= 11 is 0. The SMILES string of the molecule is OC1(c2cccc3c2OCCC3)CCC2(CC1)OCCO2. The Balaban J connectivity index is 1.61. The van der Waals surface area contributed by atoms with Crippen LogP contribution in [0.4, 0.5) is 0 Å². The maximum Gasteiger partial charge on any atom is 0.168 e. The Hall–Kier alpha value is -1.10. The number of aliphatic hydroxyl groups is 1. The summed E-state index contributed by atoms with van der Waals surface area (Å²) in [7, 11) is 0. The summed E-state index contributed by atoms with van der Waals surface area (Å²) < 4.78 is 17.4. The lowest BCUT2D eigenvalue weighted by molar-refractivity contribution is -0.204. The molecule has 1 aromatic rings. The van der Waals surface area contributed by atoms with Gasteiger partial charge in [-0.15, -0.1) is 0 Å². The Morgan fingerprint density at radius 3 is 2.48 bits per heavy atom. The highest BCUT2D eigenvalue weighted by Crippen LogP contribution is 2.48. The van der Waals surface area contributed by atoms with Gasteiger partial charge in [0.2, 0.25) is 0 Å². The first kappa shape index (κ1) is 13.6.